The summed E-state index contributed by atoms with van der Waals surface area (Å²) in [5, 5.41) is 0. The lowest BCUT2D eigenvalue weighted by atomic mass is 9.93. The van der Waals surface area contributed by atoms with E-state index in [4.69, 9.17) is 21.1 Å². The van der Waals surface area contributed by atoms with E-state index in [1.165, 1.54) is 24.0 Å². The van der Waals surface area contributed by atoms with E-state index in [0.717, 1.165) is 12.8 Å². The average molecular weight is 279 g/mol. The van der Waals surface area contributed by atoms with E-state index < -0.39 is 0 Å². The summed E-state index contributed by atoms with van der Waals surface area (Å²) < 4.78 is 12.5. The topological polar surface area (TPSA) is 18.5 Å². The summed E-state index contributed by atoms with van der Waals surface area (Å²) in [5.74, 6) is 1.18. The monoisotopic (exact) mass is 278 g/mol. The minimum Gasteiger partial charge on any atom is -0.347 e. The van der Waals surface area contributed by atoms with Gasteiger partial charge >= 0.3 is 0 Å². The molecule has 4 rings (SSSR count). The molecule has 0 radical (unpaired) electrons. The lowest BCUT2D eigenvalue weighted by molar-refractivity contribution is -0.215. The van der Waals surface area contributed by atoms with Crippen molar-refractivity contribution in [2.45, 2.75) is 37.6 Å². The summed E-state index contributed by atoms with van der Waals surface area (Å²) in [6, 6.07) is 8.81. The van der Waals surface area contributed by atoms with Crippen LogP contribution in [0.3, 0.4) is 0 Å². The first kappa shape index (κ1) is 12.2. The van der Waals surface area contributed by atoms with Crippen molar-refractivity contribution in [3.63, 3.8) is 0 Å². The number of alkyl halides is 1. The molecule has 2 bridgehead atoms. The van der Waals surface area contributed by atoms with Crippen molar-refractivity contribution in [1.82, 2.24) is 0 Å². The van der Waals surface area contributed by atoms with E-state index >= 15 is 0 Å². The number of rotatable bonds is 1. The van der Waals surface area contributed by atoms with Crippen LogP contribution in [0.5, 0.6) is 0 Å². The summed E-state index contributed by atoms with van der Waals surface area (Å²) in [7, 11) is 0. The van der Waals surface area contributed by atoms with E-state index in [1.807, 2.05) is 0 Å². The molecule has 3 atom stereocenters. The van der Waals surface area contributed by atoms with E-state index in [2.05, 4.69) is 24.3 Å². The number of fused-ring (bicyclic) bond motifs is 1. The van der Waals surface area contributed by atoms with Crippen LogP contribution >= 0.6 is 11.6 Å². The first-order chi connectivity index (χ1) is 9.32. The SMILES string of the molecule is ClCC1COC2(O1)C1CCC2Cc2ccccc2C1. The third kappa shape index (κ3) is 1.77. The van der Waals surface area contributed by atoms with Crippen LogP contribution in [0.15, 0.2) is 24.3 Å². The molecular formula is C16H19ClO2. The first-order valence-electron chi connectivity index (χ1n) is 7.26. The van der Waals surface area contributed by atoms with Gasteiger partial charge in [0.1, 0.15) is 0 Å². The molecule has 19 heavy (non-hydrogen) atoms. The molecule has 3 unspecified atom stereocenters. The highest BCUT2D eigenvalue weighted by Crippen LogP contribution is 2.52. The number of ether oxygens (including phenoxy) is 2. The zero-order valence-electron chi connectivity index (χ0n) is 11.0. The van der Waals surface area contributed by atoms with Gasteiger partial charge in [-0.25, -0.2) is 0 Å². The van der Waals surface area contributed by atoms with Crippen molar-refractivity contribution in [2.75, 3.05) is 12.5 Å². The van der Waals surface area contributed by atoms with Gasteiger partial charge in [0.15, 0.2) is 5.79 Å². The molecule has 1 spiro atoms. The maximum absolute atomic E-state index is 6.28. The fourth-order valence-electron chi connectivity index (χ4n) is 4.17. The second kappa shape index (κ2) is 4.47. The van der Waals surface area contributed by atoms with E-state index in [1.54, 1.807) is 0 Å². The minimum absolute atomic E-state index is 0.0750. The van der Waals surface area contributed by atoms with Gasteiger partial charge < -0.3 is 9.47 Å². The predicted molar refractivity (Wildman–Crippen MR) is 74.3 cm³/mol. The molecule has 2 aliphatic carbocycles. The van der Waals surface area contributed by atoms with Crippen LogP contribution in [0.25, 0.3) is 0 Å². The molecule has 1 saturated heterocycles. The molecule has 2 nitrogen and oxygen atoms in total. The average Bonchev–Trinajstić information content (AvgIpc) is 2.94. The highest BCUT2D eigenvalue weighted by atomic mass is 35.5. The van der Waals surface area contributed by atoms with Crippen LogP contribution in [-0.2, 0) is 22.3 Å². The number of hydrogen-bond donors (Lipinski definition) is 0. The lowest BCUT2D eigenvalue weighted by Crippen LogP contribution is -2.42. The molecule has 0 aromatic heterocycles. The van der Waals surface area contributed by atoms with Crippen LogP contribution in [-0.4, -0.2) is 24.4 Å². The molecule has 1 saturated carbocycles. The molecule has 1 aliphatic heterocycles. The fourth-order valence-corrected chi connectivity index (χ4v) is 4.32. The summed E-state index contributed by atoms with van der Waals surface area (Å²) in [6.07, 6.45) is 4.68. The Morgan fingerprint density at radius 1 is 1.11 bits per heavy atom. The Hall–Kier alpha value is -0.570. The molecule has 102 valence electrons. The van der Waals surface area contributed by atoms with Crippen molar-refractivity contribution in [2.24, 2.45) is 11.8 Å². The highest BCUT2D eigenvalue weighted by molar-refractivity contribution is 6.18. The van der Waals surface area contributed by atoms with Gasteiger partial charge in [0.05, 0.1) is 18.6 Å². The maximum Gasteiger partial charge on any atom is 0.175 e. The first-order valence-corrected chi connectivity index (χ1v) is 7.80. The van der Waals surface area contributed by atoms with Crippen LogP contribution in [0.2, 0.25) is 0 Å². The van der Waals surface area contributed by atoms with Crippen LogP contribution in [0.1, 0.15) is 24.0 Å². The van der Waals surface area contributed by atoms with Gasteiger partial charge in [-0.15, -0.1) is 11.6 Å². The van der Waals surface area contributed by atoms with Gasteiger partial charge in [-0.1, -0.05) is 24.3 Å². The van der Waals surface area contributed by atoms with Crippen molar-refractivity contribution in [3.05, 3.63) is 35.4 Å². The Labute approximate surface area is 119 Å². The Kier molecular flexibility index (Phi) is 2.87. The number of hydrogen-bond acceptors (Lipinski definition) is 2. The van der Waals surface area contributed by atoms with Gasteiger partial charge in [0.2, 0.25) is 0 Å². The molecule has 1 heterocycles. The van der Waals surface area contributed by atoms with Gasteiger partial charge in [-0.05, 0) is 36.8 Å². The smallest absolute Gasteiger partial charge is 0.175 e. The zero-order valence-corrected chi connectivity index (χ0v) is 11.7. The fraction of sp³-hybridized carbons (Fsp3) is 0.625. The number of benzene rings is 1. The lowest BCUT2D eigenvalue weighted by Gasteiger charge is -2.33. The van der Waals surface area contributed by atoms with Gasteiger partial charge in [0.25, 0.3) is 0 Å². The molecule has 1 aromatic rings. The Morgan fingerprint density at radius 3 is 2.26 bits per heavy atom. The molecule has 1 aromatic carbocycles. The van der Waals surface area contributed by atoms with E-state index in [0.29, 0.717) is 24.3 Å². The quantitative estimate of drug-likeness (QED) is 0.735. The predicted octanol–water partition coefficient (Wildman–Crippen LogP) is 3.16. The molecule has 2 fully saturated rings. The molecule has 0 N–H and O–H groups in total. The number of halogens is 1. The summed E-state index contributed by atoms with van der Waals surface area (Å²) in [5.41, 5.74) is 2.96. The van der Waals surface area contributed by atoms with Gasteiger partial charge in [-0.3, -0.25) is 0 Å². The molecule has 3 aliphatic rings. The highest BCUT2D eigenvalue weighted by Gasteiger charge is 2.57. The third-order valence-electron chi connectivity index (χ3n) is 5.07. The zero-order chi connectivity index (χ0) is 12.9. The van der Waals surface area contributed by atoms with Gasteiger partial charge in [-0.2, -0.15) is 0 Å². The van der Waals surface area contributed by atoms with Crippen molar-refractivity contribution in [3.8, 4) is 0 Å². The third-order valence-corrected chi connectivity index (χ3v) is 5.41. The van der Waals surface area contributed by atoms with Crippen molar-refractivity contribution in [1.29, 1.82) is 0 Å². The Bertz CT molecular complexity index is 454. The molecular weight excluding hydrogens is 260 g/mol. The maximum atomic E-state index is 6.28. The van der Waals surface area contributed by atoms with Crippen LogP contribution < -0.4 is 0 Å². The summed E-state index contributed by atoms with van der Waals surface area (Å²) in [4.78, 5) is 0. The van der Waals surface area contributed by atoms with Crippen molar-refractivity contribution < 1.29 is 9.47 Å². The van der Waals surface area contributed by atoms with Crippen LogP contribution in [0, 0.1) is 11.8 Å². The largest absolute Gasteiger partial charge is 0.347 e. The van der Waals surface area contributed by atoms with E-state index in [9.17, 15) is 0 Å². The minimum atomic E-state index is -0.349. The normalized spacial score (nSPS) is 40.4. The second-order valence-electron chi connectivity index (χ2n) is 6.07. The Balaban J connectivity index is 1.70. The summed E-state index contributed by atoms with van der Waals surface area (Å²) in [6.45, 7) is 0.660. The van der Waals surface area contributed by atoms with Crippen molar-refractivity contribution >= 4 is 11.6 Å². The van der Waals surface area contributed by atoms with E-state index in [-0.39, 0.29) is 11.9 Å². The Morgan fingerprint density at radius 2 is 1.74 bits per heavy atom. The molecule has 0 amide bonds. The molecule has 3 heteroatoms. The summed E-state index contributed by atoms with van der Waals surface area (Å²) >= 11 is 5.95. The van der Waals surface area contributed by atoms with Gasteiger partial charge in [0, 0.05) is 11.8 Å². The standard InChI is InChI=1S/C16H19ClO2/c17-9-15-10-18-16(19-15)13-5-6-14(16)8-12-4-2-1-3-11(12)7-13/h1-4,13-15H,5-10H2. The van der Waals surface area contributed by atoms with Crippen LogP contribution in [0.4, 0.5) is 0 Å². The second-order valence-corrected chi connectivity index (χ2v) is 6.38.